The van der Waals surface area contributed by atoms with Gasteiger partial charge in [0.05, 0.1) is 0 Å². The van der Waals surface area contributed by atoms with Gasteiger partial charge in [0.15, 0.2) is 11.8 Å². The van der Waals surface area contributed by atoms with Crippen LogP contribution in [0.5, 0.6) is 0 Å². The quantitative estimate of drug-likeness (QED) is 0.0183. The number of nitrogens with zero attached hydrogens (tertiary/aromatic N) is 2. The van der Waals surface area contributed by atoms with Crippen molar-refractivity contribution >= 4 is 71.8 Å². The third-order valence-corrected chi connectivity index (χ3v) is 26.6. The summed E-state index contributed by atoms with van der Waals surface area (Å²) in [6.07, 6.45) is 40.4. The van der Waals surface area contributed by atoms with Crippen LogP contribution in [-0.4, -0.2) is 140 Å². The number of imide groups is 2. The highest BCUT2D eigenvalue weighted by Crippen LogP contribution is 2.42. The van der Waals surface area contributed by atoms with Crippen molar-refractivity contribution in [3.05, 3.63) is 132 Å². The first-order chi connectivity index (χ1) is 65.4. The van der Waals surface area contributed by atoms with Crippen molar-refractivity contribution < 1.29 is 95.3 Å². The van der Waals surface area contributed by atoms with E-state index in [-0.39, 0.29) is 23.4 Å². The fraction of sp³-hybridized carbons (Fsp3) is 0.704. The molecule has 5 fully saturated rings. The van der Waals surface area contributed by atoms with Gasteiger partial charge in [-0.3, -0.25) is 29.8 Å². The van der Waals surface area contributed by atoms with E-state index in [1.807, 2.05) is 201 Å². The highest BCUT2D eigenvalue weighted by atomic mass is 16.6. The lowest BCUT2D eigenvalue weighted by atomic mass is 9.78. The molecule has 0 aliphatic heterocycles. The highest BCUT2D eigenvalue weighted by Gasteiger charge is 2.45. The predicted molar refractivity (Wildman–Crippen MR) is 555 cm³/mol. The Bertz CT molecular complexity index is 4080. The SMILES string of the molecule is CC(C)(C)OC(=O)Nc1ccccc1.CC(C)(OC(=O)C(C(=O)OC(C)(C)C1CCCCC1)c1ccccc1)C1CCCCC1.CC(C)(OC(=O)Nc1ccccc1)C1CCCCC1.CCC(C)(C)OC(=O)C(C(=O)OC(C)(C)CC)c1ccccc1.CCCCCCCCCN(C(=O)OC(C)(C)C)C(=O)OC(C)(C)C.CCCCCCCCCN(C(=O)OC1CCCC1)C(=O)OC1(CC)CCCC1. The molecule has 0 radical (unpaired) electrons. The van der Waals surface area contributed by atoms with Crippen LogP contribution in [0, 0.1) is 17.8 Å². The number of hydrogen-bond donors (Lipinski definition) is 2. The lowest BCUT2D eigenvalue weighted by molar-refractivity contribution is -0.178. The molecular formula is C115H184N4O20. The number of anilines is 2. The molecule has 0 bridgehead atoms. The van der Waals surface area contributed by atoms with Gasteiger partial charge in [0.25, 0.3) is 0 Å². The van der Waals surface area contributed by atoms with Gasteiger partial charge in [0.1, 0.15) is 56.5 Å². The molecular weight excluding hydrogens is 1760 g/mol. The number of amides is 6. The van der Waals surface area contributed by atoms with E-state index < -0.39 is 105 Å². The molecule has 2 N–H and O–H groups in total. The standard InChI is InChI=1S/C27H40O4.C23H41NO4.C19H37NO4.C19H28O4.C16H23NO2.C11H15NO2/c1-26(2,21-16-10-6-11-17-21)30-24(28)23(20-14-8-5-9-15-20)25(29)31-27(3,4)22-18-12-7-13-19-22;1-3-5-6-7-8-9-14-19-24(21(25)27-20-15-10-11-16-20)22(26)28-23(4-2)17-12-13-18-23;1-8-9-10-11-12-13-14-15-20(16(21)23-18(2,3)4)17(22)24-19(5,6)7;1-7-18(3,4)22-16(20)15(14-12-10-9-11-13-14)17(21)23-19(5,6)8-2;1-16(2,13-9-5-3-6-10-13)19-15(18)17-14-11-7-4-8-12-14;1-11(2,3)14-10(13)12-9-7-5-4-6-8-9/h5,8-9,14-15,21-23H,6-7,10-13,16-19H2,1-4H3;20H,3-19H2,1-2H3;8-15H2,1-7H3;9-13,15H,7-8H2,1-6H3;4,7-8,11-13H,3,5-6,9-10H2,1-2H3,(H,17,18);4-8H,1-3H3,(H,12,13). The molecule has 0 spiro atoms. The third-order valence-electron chi connectivity index (χ3n) is 26.6. The Labute approximate surface area is 837 Å². The van der Waals surface area contributed by atoms with Crippen molar-refractivity contribution in [3.8, 4) is 0 Å². The molecule has 0 heterocycles. The Morgan fingerprint density at radius 2 is 0.604 bits per heavy atom. The van der Waals surface area contributed by atoms with Crippen LogP contribution in [0.1, 0.15) is 446 Å². The maximum atomic E-state index is 13.4. The minimum atomic E-state index is -1.06. The minimum absolute atomic E-state index is 0.0385. The van der Waals surface area contributed by atoms with Crippen LogP contribution in [0.2, 0.25) is 0 Å². The van der Waals surface area contributed by atoms with E-state index in [0.717, 1.165) is 151 Å². The molecule has 6 amide bonds. The van der Waals surface area contributed by atoms with Crippen LogP contribution in [0.3, 0.4) is 0 Å². The summed E-state index contributed by atoms with van der Waals surface area (Å²) in [6.45, 7) is 46.6. The third kappa shape index (κ3) is 49.4. The van der Waals surface area contributed by atoms with E-state index in [0.29, 0.717) is 54.8 Å². The second kappa shape index (κ2) is 61.6. The summed E-state index contributed by atoms with van der Waals surface area (Å²) in [4.78, 5) is 128. The van der Waals surface area contributed by atoms with Crippen molar-refractivity contribution in [1.82, 2.24) is 9.80 Å². The average molecular weight is 1940 g/mol. The Kier molecular flexibility index (Phi) is 54.1. The maximum absolute atomic E-state index is 13.4. The van der Waals surface area contributed by atoms with Gasteiger partial charge in [-0.2, -0.15) is 0 Å². The van der Waals surface area contributed by atoms with Gasteiger partial charge in [-0.25, -0.2) is 38.6 Å². The molecule has 0 unspecified atom stereocenters. The first kappa shape index (κ1) is 122. The predicted octanol–water partition coefficient (Wildman–Crippen LogP) is 31.3. The van der Waals surface area contributed by atoms with Crippen LogP contribution in [0.4, 0.5) is 40.1 Å². The summed E-state index contributed by atoms with van der Waals surface area (Å²) < 4.78 is 56.0. The molecule has 5 saturated carbocycles. The second-order valence-electron chi connectivity index (χ2n) is 44.2. The number of para-hydroxylation sites is 2. The molecule has 0 atom stereocenters. The molecule has 9 rings (SSSR count). The smallest absolute Gasteiger partial charge is 0.419 e. The Hall–Kier alpha value is -9.22. The molecule has 0 saturated heterocycles. The number of hydrogen-bond acceptors (Lipinski definition) is 20. The minimum Gasteiger partial charge on any atom is -0.459 e. The van der Waals surface area contributed by atoms with Crippen molar-refractivity contribution in [2.45, 2.75) is 491 Å². The summed E-state index contributed by atoms with van der Waals surface area (Å²) >= 11 is 0. The lowest BCUT2D eigenvalue weighted by Crippen LogP contribution is -2.44. The first-order valence-electron chi connectivity index (χ1n) is 53.0. The fourth-order valence-corrected chi connectivity index (χ4v) is 17.6. The number of carbonyl (C=O) groups is 10. The second-order valence-corrected chi connectivity index (χ2v) is 44.2. The molecule has 24 heteroatoms. The van der Waals surface area contributed by atoms with Crippen molar-refractivity contribution in [3.63, 3.8) is 0 Å². The van der Waals surface area contributed by atoms with Gasteiger partial charge in [0.2, 0.25) is 0 Å². The first-order valence-corrected chi connectivity index (χ1v) is 53.0. The largest absolute Gasteiger partial charge is 0.459 e. The van der Waals surface area contributed by atoms with E-state index in [2.05, 4.69) is 31.4 Å². The number of ether oxygens (including phenoxy) is 10. The number of rotatable bonds is 37. The molecule has 5 aliphatic rings. The molecule has 5 aliphatic carbocycles. The summed E-state index contributed by atoms with van der Waals surface area (Å²) in [6, 6.07) is 36.7. The number of carbonyl (C=O) groups excluding carboxylic acids is 10. The molecule has 4 aromatic rings. The molecule has 24 nitrogen and oxygen atoms in total. The van der Waals surface area contributed by atoms with E-state index in [9.17, 15) is 47.9 Å². The average Bonchev–Trinajstić information content (AvgIpc) is 1.64. The molecule has 139 heavy (non-hydrogen) atoms. The van der Waals surface area contributed by atoms with Crippen LogP contribution in [0.15, 0.2) is 121 Å². The van der Waals surface area contributed by atoms with E-state index in [1.54, 1.807) is 65.8 Å². The molecule has 4 aromatic carbocycles. The van der Waals surface area contributed by atoms with Gasteiger partial charge in [-0.1, -0.05) is 267 Å². The van der Waals surface area contributed by atoms with Crippen molar-refractivity contribution in [2.24, 2.45) is 17.8 Å². The number of unbranched alkanes of at least 4 members (excludes halogenated alkanes) is 12. The Morgan fingerprint density at radius 3 is 0.921 bits per heavy atom. The van der Waals surface area contributed by atoms with Crippen molar-refractivity contribution in [1.29, 1.82) is 0 Å². The number of nitrogens with one attached hydrogen (secondary N) is 2. The topological polar surface area (TPSA) is 294 Å². The summed E-state index contributed by atoms with van der Waals surface area (Å²) in [7, 11) is 0. The van der Waals surface area contributed by atoms with Gasteiger partial charge >= 0.3 is 60.4 Å². The van der Waals surface area contributed by atoms with Gasteiger partial charge in [-0.15, -0.1) is 0 Å². The lowest BCUT2D eigenvalue weighted by Gasteiger charge is -2.39. The number of benzene rings is 4. The van der Waals surface area contributed by atoms with Gasteiger partial charge in [0, 0.05) is 24.5 Å². The zero-order valence-corrected chi connectivity index (χ0v) is 90.3. The summed E-state index contributed by atoms with van der Waals surface area (Å²) in [5.41, 5.74) is -2.22. The van der Waals surface area contributed by atoms with E-state index in [4.69, 9.17) is 47.4 Å². The van der Waals surface area contributed by atoms with Crippen LogP contribution >= 0.6 is 0 Å². The number of esters is 4. The Morgan fingerprint density at radius 1 is 0.317 bits per heavy atom. The van der Waals surface area contributed by atoms with Crippen LogP contribution in [-0.2, 0) is 66.5 Å². The normalized spacial score (nSPS) is 15.6. The Balaban J connectivity index is 0.000000353. The zero-order valence-electron chi connectivity index (χ0n) is 90.3. The fourth-order valence-electron chi connectivity index (χ4n) is 17.6. The van der Waals surface area contributed by atoms with Gasteiger partial charge < -0.3 is 47.4 Å². The highest BCUT2D eigenvalue weighted by molar-refractivity contribution is 6.02. The van der Waals surface area contributed by atoms with Crippen LogP contribution in [0.25, 0.3) is 0 Å². The summed E-state index contributed by atoms with van der Waals surface area (Å²) in [5, 5.41) is 5.41. The van der Waals surface area contributed by atoms with E-state index in [1.165, 1.54) is 114 Å². The maximum Gasteiger partial charge on any atom is 0.419 e. The molecule has 0 aromatic heterocycles. The van der Waals surface area contributed by atoms with E-state index >= 15 is 0 Å². The zero-order chi connectivity index (χ0) is 104. The van der Waals surface area contributed by atoms with Crippen LogP contribution < -0.4 is 10.6 Å². The van der Waals surface area contributed by atoms with Crippen molar-refractivity contribution in [2.75, 3.05) is 23.7 Å². The summed E-state index contributed by atoms with van der Waals surface area (Å²) in [5.74, 6) is -3.10. The molecule has 784 valence electrons. The van der Waals surface area contributed by atoms with Gasteiger partial charge in [-0.05, 0) is 307 Å². The monoisotopic (exact) mass is 1940 g/mol.